The molecule has 0 fully saturated rings. The number of aryl methyl sites for hydroxylation is 2. The monoisotopic (exact) mass is 289 g/mol. The van der Waals surface area contributed by atoms with Crippen molar-refractivity contribution in [2.45, 2.75) is 32.8 Å². The lowest BCUT2D eigenvalue weighted by Crippen LogP contribution is -2.09. The lowest BCUT2D eigenvalue weighted by Gasteiger charge is -2.08. The molecule has 0 aliphatic heterocycles. The fourth-order valence-electron chi connectivity index (χ4n) is 2.42. The van der Waals surface area contributed by atoms with Gasteiger partial charge in [0, 0.05) is 6.54 Å². The first kappa shape index (κ1) is 13.1. The van der Waals surface area contributed by atoms with Gasteiger partial charge in [0.05, 0.1) is 23.5 Å². The lowest BCUT2D eigenvalue weighted by molar-refractivity contribution is 0.648. The molecule has 0 aliphatic carbocycles. The van der Waals surface area contributed by atoms with Crippen LogP contribution in [0.15, 0.2) is 24.5 Å². The van der Waals surface area contributed by atoms with Gasteiger partial charge < -0.3 is 9.13 Å². The molecule has 0 radical (unpaired) electrons. The Labute approximate surface area is 122 Å². The number of hydrogen-bond acceptors (Lipinski definition) is 3. The van der Waals surface area contributed by atoms with Gasteiger partial charge in [-0.3, -0.25) is 0 Å². The first-order chi connectivity index (χ1) is 9.74. The van der Waals surface area contributed by atoms with Crippen molar-refractivity contribution in [1.82, 2.24) is 24.3 Å². The lowest BCUT2D eigenvalue weighted by atomic mass is 10.2. The molecular formula is C14H16ClN5. The summed E-state index contributed by atoms with van der Waals surface area (Å²) in [7, 11) is 0. The highest BCUT2D eigenvalue weighted by atomic mass is 35.5. The Morgan fingerprint density at radius 2 is 2.10 bits per heavy atom. The summed E-state index contributed by atoms with van der Waals surface area (Å²) in [6.45, 7) is 5.62. The molecule has 5 nitrogen and oxygen atoms in total. The van der Waals surface area contributed by atoms with Gasteiger partial charge in [0.15, 0.2) is 5.82 Å². The first-order valence-corrected chi connectivity index (χ1v) is 7.15. The Morgan fingerprint density at radius 1 is 1.25 bits per heavy atom. The Morgan fingerprint density at radius 3 is 2.85 bits per heavy atom. The number of hydrogen-bond donors (Lipinski definition) is 0. The number of fused-ring (bicyclic) bond motifs is 1. The van der Waals surface area contributed by atoms with Crippen LogP contribution in [0.1, 0.15) is 24.1 Å². The summed E-state index contributed by atoms with van der Waals surface area (Å²) in [4.78, 5) is 4.64. The molecule has 0 atom stereocenters. The molecule has 2 aromatic heterocycles. The van der Waals surface area contributed by atoms with Crippen molar-refractivity contribution in [1.29, 1.82) is 0 Å². The number of nitrogens with zero attached hydrogens (tertiary/aromatic N) is 5. The van der Waals surface area contributed by atoms with Gasteiger partial charge in [0.2, 0.25) is 0 Å². The first-order valence-electron chi connectivity index (χ1n) is 6.62. The predicted molar refractivity (Wildman–Crippen MR) is 78.8 cm³/mol. The van der Waals surface area contributed by atoms with E-state index in [2.05, 4.69) is 45.7 Å². The summed E-state index contributed by atoms with van der Waals surface area (Å²) < 4.78 is 4.14. The van der Waals surface area contributed by atoms with Crippen LogP contribution in [-0.2, 0) is 19.0 Å². The van der Waals surface area contributed by atoms with Crippen molar-refractivity contribution in [2.24, 2.45) is 0 Å². The maximum atomic E-state index is 6.04. The van der Waals surface area contributed by atoms with Crippen molar-refractivity contribution in [3.8, 4) is 0 Å². The van der Waals surface area contributed by atoms with E-state index in [1.165, 1.54) is 0 Å². The molecule has 0 saturated heterocycles. The fraction of sp³-hybridized carbons (Fsp3) is 0.357. The van der Waals surface area contributed by atoms with Gasteiger partial charge in [0.25, 0.3) is 0 Å². The topological polar surface area (TPSA) is 48.5 Å². The molecule has 1 aromatic carbocycles. The number of rotatable bonds is 4. The normalized spacial score (nSPS) is 11.3. The van der Waals surface area contributed by atoms with Crippen molar-refractivity contribution >= 4 is 22.6 Å². The number of aromatic nitrogens is 5. The summed E-state index contributed by atoms with van der Waals surface area (Å²) in [5, 5.41) is 8.16. The molecule has 0 amide bonds. The molecule has 3 rings (SSSR count). The second kappa shape index (κ2) is 5.25. The second-order valence-corrected chi connectivity index (χ2v) is 4.99. The Hall–Kier alpha value is -1.88. The Kier molecular flexibility index (Phi) is 3.44. The highest BCUT2D eigenvalue weighted by molar-refractivity contribution is 6.16. The Balaban J connectivity index is 2.13. The molecule has 0 unspecified atom stereocenters. The van der Waals surface area contributed by atoms with E-state index in [0.717, 1.165) is 34.8 Å². The number of para-hydroxylation sites is 1. The standard InChI is InChI=1S/C14H16ClN5/c1-3-19-9-16-18-13(19)8-20-11-6-4-5-10(2)14(11)17-12(20)7-15/h4-6,9H,3,7-8H2,1-2H3. The minimum absolute atomic E-state index is 0.383. The molecule has 3 aromatic rings. The van der Waals surface area contributed by atoms with E-state index < -0.39 is 0 Å². The van der Waals surface area contributed by atoms with Crippen LogP contribution in [0.3, 0.4) is 0 Å². The molecule has 104 valence electrons. The molecular weight excluding hydrogens is 274 g/mol. The number of alkyl halides is 1. The SMILES string of the molecule is CCn1cnnc1Cn1c(CCl)nc2c(C)cccc21. The van der Waals surface area contributed by atoms with E-state index in [1.54, 1.807) is 6.33 Å². The van der Waals surface area contributed by atoms with Gasteiger partial charge in [0.1, 0.15) is 12.2 Å². The van der Waals surface area contributed by atoms with Crippen molar-refractivity contribution in [3.05, 3.63) is 41.7 Å². The fourth-order valence-corrected chi connectivity index (χ4v) is 2.62. The summed E-state index contributed by atoms with van der Waals surface area (Å²) in [5.74, 6) is 2.16. The van der Waals surface area contributed by atoms with E-state index in [1.807, 2.05) is 10.6 Å². The van der Waals surface area contributed by atoms with E-state index >= 15 is 0 Å². The smallest absolute Gasteiger partial charge is 0.152 e. The molecule has 0 aliphatic rings. The third-order valence-electron chi connectivity index (χ3n) is 3.52. The van der Waals surface area contributed by atoms with E-state index in [9.17, 15) is 0 Å². The maximum absolute atomic E-state index is 6.04. The molecule has 0 spiro atoms. The third-order valence-corrected chi connectivity index (χ3v) is 3.75. The predicted octanol–water partition coefficient (Wildman–Crippen LogP) is 2.74. The largest absolute Gasteiger partial charge is 0.319 e. The maximum Gasteiger partial charge on any atom is 0.152 e. The van der Waals surface area contributed by atoms with E-state index in [0.29, 0.717) is 12.4 Å². The average molecular weight is 290 g/mol. The summed E-state index contributed by atoms with van der Waals surface area (Å²) in [6, 6.07) is 6.17. The quantitative estimate of drug-likeness (QED) is 0.694. The van der Waals surface area contributed by atoms with Crippen LogP contribution in [-0.4, -0.2) is 24.3 Å². The van der Waals surface area contributed by atoms with Crippen LogP contribution in [0.5, 0.6) is 0 Å². The van der Waals surface area contributed by atoms with Gasteiger partial charge in [-0.25, -0.2) is 4.98 Å². The van der Waals surface area contributed by atoms with Crippen LogP contribution in [0.25, 0.3) is 11.0 Å². The average Bonchev–Trinajstić information content (AvgIpc) is 3.05. The number of imidazole rings is 1. The highest BCUT2D eigenvalue weighted by Crippen LogP contribution is 2.21. The molecule has 0 saturated carbocycles. The molecule has 2 heterocycles. The molecule has 0 N–H and O–H groups in total. The molecule has 20 heavy (non-hydrogen) atoms. The molecule has 0 bridgehead atoms. The third kappa shape index (κ3) is 2.08. The zero-order valence-corrected chi connectivity index (χ0v) is 12.3. The molecule has 6 heteroatoms. The van der Waals surface area contributed by atoms with Crippen LogP contribution in [0.4, 0.5) is 0 Å². The minimum Gasteiger partial charge on any atom is -0.319 e. The van der Waals surface area contributed by atoms with Gasteiger partial charge in [-0.15, -0.1) is 21.8 Å². The van der Waals surface area contributed by atoms with Gasteiger partial charge in [-0.05, 0) is 25.5 Å². The van der Waals surface area contributed by atoms with Crippen molar-refractivity contribution in [3.63, 3.8) is 0 Å². The van der Waals surface area contributed by atoms with Gasteiger partial charge in [-0.1, -0.05) is 12.1 Å². The van der Waals surface area contributed by atoms with Crippen LogP contribution in [0.2, 0.25) is 0 Å². The van der Waals surface area contributed by atoms with Crippen molar-refractivity contribution in [2.75, 3.05) is 0 Å². The van der Waals surface area contributed by atoms with E-state index in [-0.39, 0.29) is 0 Å². The zero-order chi connectivity index (χ0) is 14.1. The van der Waals surface area contributed by atoms with Crippen LogP contribution >= 0.6 is 11.6 Å². The van der Waals surface area contributed by atoms with E-state index in [4.69, 9.17) is 11.6 Å². The second-order valence-electron chi connectivity index (χ2n) is 4.72. The summed E-state index contributed by atoms with van der Waals surface area (Å²) in [5.41, 5.74) is 3.25. The van der Waals surface area contributed by atoms with Crippen LogP contribution < -0.4 is 0 Å². The number of halogens is 1. The zero-order valence-electron chi connectivity index (χ0n) is 11.5. The van der Waals surface area contributed by atoms with Gasteiger partial charge >= 0.3 is 0 Å². The highest BCUT2D eigenvalue weighted by Gasteiger charge is 2.14. The number of benzene rings is 1. The summed E-state index contributed by atoms with van der Waals surface area (Å²) >= 11 is 6.04. The Bertz CT molecular complexity index is 743. The minimum atomic E-state index is 0.383. The summed E-state index contributed by atoms with van der Waals surface area (Å²) in [6.07, 6.45) is 1.75. The van der Waals surface area contributed by atoms with Crippen LogP contribution in [0, 0.1) is 6.92 Å². The van der Waals surface area contributed by atoms with Crippen molar-refractivity contribution < 1.29 is 0 Å². The van der Waals surface area contributed by atoms with Gasteiger partial charge in [-0.2, -0.15) is 0 Å².